The fourth-order valence-corrected chi connectivity index (χ4v) is 2.17. The highest BCUT2D eigenvalue weighted by Crippen LogP contribution is 2.18. The second-order valence-electron chi connectivity index (χ2n) is 4.62. The zero-order chi connectivity index (χ0) is 11.9. The number of hydrogen-bond acceptors (Lipinski definition) is 4. The van der Waals surface area contributed by atoms with E-state index in [0.717, 1.165) is 50.5 Å². The van der Waals surface area contributed by atoms with Crippen molar-refractivity contribution in [2.75, 3.05) is 20.2 Å². The first-order chi connectivity index (χ1) is 8.38. The van der Waals surface area contributed by atoms with E-state index in [4.69, 9.17) is 9.15 Å². The van der Waals surface area contributed by atoms with Crippen LogP contribution in [0.4, 0.5) is 0 Å². The van der Waals surface area contributed by atoms with Crippen LogP contribution in [-0.4, -0.2) is 31.3 Å². The van der Waals surface area contributed by atoms with E-state index in [1.54, 1.807) is 0 Å². The average molecular weight is 238 g/mol. The minimum Gasteiger partial charge on any atom is -0.446 e. The molecule has 4 nitrogen and oxygen atoms in total. The van der Waals surface area contributed by atoms with Gasteiger partial charge in [0.05, 0.1) is 12.3 Å². The molecule has 17 heavy (non-hydrogen) atoms. The predicted molar refractivity (Wildman–Crippen MR) is 66.0 cm³/mol. The summed E-state index contributed by atoms with van der Waals surface area (Å²) in [5.41, 5.74) is 0. The van der Waals surface area contributed by atoms with Gasteiger partial charge in [0, 0.05) is 19.4 Å². The van der Waals surface area contributed by atoms with Crippen LogP contribution in [-0.2, 0) is 17.6 Å². The van der Waals surface area contributed by atoms with E-state index in [1.165, 1.54) is 12.8 Å². The number of aryl methyl sites for hydroxylation is 1. The number of rotatable bonds is 6. The van der Waals surface area contributed by atoms with Crippen LogP contribution in [0.1, 0.15) is 37.3 Å². The monoisotopic (exact) mass is 238 g/mol. The number of hydrogen-bond donors (Lipinski definition) is 1. The van der Waals surface area contributed by atoms with Crippen LogP contribution in [0.25, 0.3) is 0 Å². The molecule has 2 rings (SSSR count). The second-order valence-corrected chi connectivity index (χ2v) is 4.62. The molecule has 1 atom stereocenters. The number of nitrogens with one attached hydrogen (secondary N) is 1. The molecule has 0 spiro atoms. The Bertz CT molecular complexity index is 319. The molecule has 0 aromatic carbocycles. The van der Waals surface area contributed by atoms with Crippen molar-refractivity contribution in [3.8, 4) is 0 Å². The van der Waals surface area contributed by atoms with Gasteiger partial charge in [-0.15, -0.1) is 0 Å². The SMILES string of the molecule is CNCCCc1ncc(CC2CCCCO2)o1. The maximum Gasteiger partial charge on any atom is 0.194 e. The molecule has 1 aliphatic rings. The summed E-state index contributed by atoms with van der Waals surface area (Å²) in [6.07, 6.45) is 8.65. The predicted octanol–water partition coefficient (Wildman–Crippen LogP) is 1.94. The Labute approximate surface area is 103 Å². The van der Waals surface area contributed by atoms with Crippen LogP contribution in [0.2, 0.25) is 0 Å². The Morgan fingerprint density at radius 3 is 3.18 bits per heavy atom. The van der Waals surface area contributed by atoms with Gasteiger partial charge in [0.25, 0.3) is 0 Å². The summed E-state index contributed by atoms with van der Waals surface area (Å²) in [5, 5.41) is 3.12. The molecule has 4 heteroatoms. The highest BCUT2D eigenvalue weighted by Gasteiger charge is 2.16. The smallest absolute Gasteiger partial charge is 0.194 e. The molecule has 0 amide bonds. The molecule has 0 bridgehead atoms. The van der Waals surface area contributed by atoms with Gasteiger partial charge < -0.3 is 14.5 Å². The van der Waals surface area contributed by atoms with Crippen molar-refractivity contribution >= 4 is 0 Å². The number of nitrogens with zero attached hydrogens (tertiary/aromatic N) is 1. The van der Waals surface area contributed by atoms with E-state index in [0.29, 0.717) is 6.10 Å². The molecule has 0 saturated carbocycles. The largest absolute Gasteiger partial charge is 0.446 e. The molecular formula is C13H22N2O2. The lowest BCUT2D eigenvalue weighted by molar-refractivity contribution is 0.0138. The maximum atomic E-state index is 5.71. The minimum absolute atomic E-state index is 0.335. The lowest BCUT2D eigenvalue weighted by Gasteiger charge is -2.21. The van der Waals surface area contributed by atoms with E-state index in [2.05, 4.69) is 10.3 Å². The Balaban J connectivity index is 1.76. The van der Waals surface area contributed by atoms with E-state index in [9.17, 15) is 0 Å². The molecule has 0 aliphatic carbocycles. The topological polar surface area (TPSA) is 47.3 Å². The van der Waals surface area contributed by atoms with Gasteiger partial charge in [-0.2, -0.15) is 0 Å². The van der Waals surface area contributed by atoms with Crippen molar-refractivity contribution < 1.29 is 9.15 Å². The summed E-state index contributed by atoms with van der Waals surface area (Å²) < 4.78 is 11.4. The first kappa shape index (κ1) is 12.6. The Morgan fingerprint density at radius 2 is 2.41 bits per heavy atom. The average Bonchev–Trinajstić information content (AvgIpc) is 2.79. The maximum absolute atomic E-state index is 5.71. The van der Waals surface area contributed by atoms with Gasteiger partial charge in [-0.25, -0.2) is 4.98 Å². The molecule has 1 aliphatic heterocycles. The fraction of sp³-hybridized carbons (Fsp3) is 0.769. The first-order valence-corrected chi connectivity index (χ1v) is 6.58. The van der Waals surface area contributed by atoms with Gasteiger partial charge in [-0.1, -0.05) is 0 Å². The molecule has 1 saturated heterocycles. The summed E-state index contributed by atoms with van der Waals surface area (Å²) in [6, 6.07) is 0. The Kier molecular flexibility index (Phi) is 5.01. The van der Waals surface area contributed by atoms with Crippen LogP contribution < -0.4 is 5.32 Å². The molecule has 0 radical (unpaired) electrons. The van der Waals surface area contributed by atoms with Crippen molar-refractivity contribution in [3.05, 3.63) is 17.8 Å². The minimum atomic E-state index is 0.335. The molecule has 1 fully saturated rings. The highest BCUT2D eigenvalue weighted by molar-refractivity contribution is 4.96. The van der Waals surface area contributed by atoms with Crippen LogP contribution in [0.15, 0.2) is 10.6 Å². The van der Waals surface area contributed by atoms with Crippen LogP contribution in [0.5, 0.6) is 0 Å². The van der Waals surface area contributed by atoms with Crippen LogP contribution in [0, 0.1) is 0 Å². The lowest BCUT2D eigenvalue weighted by Crippen LogP contribution is -2.21. The fourth-order valence-electron chi connectivity index (χ4n) is 2.17. The van der Waals surface area contributed by atoms with Gasteiger partial charge in [0.2, 0.25) is 0 Å². The molecule has 2 heterocycles. The van der Waals surface area contributed by atoms with E-state index in [1.807, 2.05) is 13.2 Å². The van der Waals surface area contributed by atoms with Crippen molar-refractivity contribution in [2.45, 2.75) is 44.6 Å². The Hall–Kier alpha value is -0.870. The summed E-state index contributed by atoms with van der Waals surface area (Å²) in [4.78, 5) is 4.30. The Morgan fingerprint density at radius 1 is 1.47 bits per heavy atom. The van der Waals surface area contributed by atoms with Gasteiger partial charge in [0.15, 0.2) is 5.89 Å². The van der Waals surface area contributed by atoms with Crippen molar-refractivity contribution in [3.63, 3.8) is 0 Å². The number of oxazole rings is 1. The highest BCUT2D eigenvalue weighted by atomic mass is 16.5. The van der Waals surface area contributed by atoms with Gasteiger partial charge in [0.1, 0.15) is 5.76 Å². The molecule has 1 unspecified atom stereocenters. The van der Waals surface area contributed by atoms with Gasteiger partial charge in [-0.05, 0) is 39.3 Å². The first-order valence-electron chi connectivity index (χ1n) is 6.58. The van der Waals surface area contributed by atoms with E-state index in [-0.39, 0.29) is 0 Å². The van der Waals surface area contributed by atoms with Crippen molar-refractivity contribution in [1.82, 2.24) is 10.3 Å². The summed E-state index contributed by atoms with van der Waals surface area (Å²) in [6.45, 7) is 1.90. The van der Waals surface area contributed by atoms with Crippen molar-refractivity contribution in [1.29, 1.82) is 0 Å². The molecule has 1 aromatic heterocycles. The summed E-state index contributed by atoms with van der Waals surface area (Å²) in [5.74, 6) is 1.82. The zero-order valence-corrected chi connectivity index (χ0v) is 10.6. The molecule has 1 aromatic rings. The van der Waals surface area contributed by atoms with Gasteiger partial charge >= 0.3 is 0 Å². The third kappa shape index (κ3) is 4.13. The summed E-state index contributed by atoms with van der Waals surface area (Å²) >= 11 is 0. The second kappa shape index (κ2) is 6.77. The standard InChI is InChI=1S/C13H22N2O2/c1-14-7-4-6-13-15-10-12(17-13)9-11-5-2-3-8-16-11/h10-11,14H,2-9H2,1H3. The van der Waals surface area contributed by atoms with E-state index >= 15 is 0 Å². The van der Waals surface area contributed by atoms with E-state index < -0.39 is 0 Å². The van der Waals surface area contributed by atoms with Crippen LogP contribution in [0.3, 0.4) is 0 Å². The third-order valence-corrected chi connectivity index (χ3v) is 3.12. The van der Waals surface area contributed by atoms with Crippen LogP contribution >= 0.6 is 0 Å². The number of aromatic nitrogens is 1. The normalized spacial score (nSPS) is 20.6. The zero-order valence-electron chi connectivity index (χ0n) is 10.6. The third-order valence-electron chi connectivity index (χ3n) is 3.12. The molecule has 1 N–H and O–H groups in total. The van der Waals surface area contributed by atoms with Gasteiger partial charge in [-0.3, -0.25) is 0 Å². The molecular weight excluding hydrogens is 216 g/mol. The molecule has 96 valence electrons. The number of ether oxygens (including phenoxy) is 1. The van der Waals surface area contributed by atoms with Crippen molar-refractivity contribution in [2.24, 2.45) is 0 Å². The quantitative estimate of drug-likeness (QED) is 0.769. The lowest BCUT2D eigenvalue weighted by atomic mass is 10.1. The summed E-state index contributed by atoms with van der Waals surface area (Å²) in [7, 11) is 1.96.